The van der Waals surface area contributed by atoms with Gasteiger partial charge in [0.15, 0.2) is 0 Å². The van der Waals surface area contributed by atoms with Crippen molar-refractivity contribution < 1.29 is 9.59 Å². The third kappa shape index (κ3) is 4.95. The minimum absolute atomic E-state index is 0.0396. The van der Waals surface area contributed by atoms with E-state index < -0.39 is 6.04 Å². The predicted octanol–water partition coefficient (Wildman–Crippen LogP) is 5.18. The molecule has 1 aliphatic carbocycles. The van der Waals surface area contributed by atoms with Crippen LogP contribution in [0.4, 0.5) is 0 Å². The van der Waals surface area contributed by atoms with Crippen LogP contribution in [0.1, 0.15) is 55.3 Å². The molecule has 1 saturated carbocycles. The molecule has 0 N–H and O–H groups in total. The molecule has 1 heterocycles. The summed E-state index contributed by atoms with van der Waals surface area (Å²) in [5.41, 5.74) is 3.15. The highest BCUT2D eigenvalue weighted by molar-refractivity contribution is 6.30. The number of rotatable bonds is 5. The number of aryl methyl sites for hydroxylation is 1. The van der Waals surface area contributed by atoms with E-state index in [-0.39, 0.29) is 24.4 Å². The van der Waals surface area contributed by atoms with Gasteiger partial charge < -0.3 is 9.80 Å². The summed E-state index contributed by atoms with van der Waals surface area (Å²) in [4.78, 5) is 30.7. The van der Waals surface area contributed by atoms with Crippen LogP contribution in [0.15, 0.2) is 48.5 Å². The van der Waals surface area contributed by atoms with Crippen molar-refractivity contribution in [2.75, 3.05) is 13.1 Å². The average Bonchev–Trinajstić information content (AvgIpc) is 2.76. The van der Waals surface area contributed by atoms with Crippen molar-refractivity contribution in [3.05, 3.63) is 70.2 Å². The molecule has 1 atom stereocenters. The maximum Gasteiger partial charge on any atom is 0.250 e. The normalized spacial score (nSPS) is 24.5. The smallest absolute Gasteiger partial charge is 0.250 e. The molecule has 31 heavy (non-hydrogen) atoms. The topological polar surface area (TPSA) is 40.6 Å². The zero-order valence-corrected chi connectivity index (χ0v) is 19.1. The Hall–Kier alpha value is -2.33. The number of halogens is 1. The van der Waals surface area contributed by atoms with Crippen molar-refractivity contribution >= 4 is 23.4 Å². The molecule has 164 valence electrons. The summed E-state index contributed by atoms with van der Waals surface area (Å²) < 4.78 is 0. The van der Waals surface area contributed by atoms with Gasteiger partial charge in [0.2, 0.25) is 5.91 Å². The number of hydrogen-bond acceptors (Lipinski definition) is 2. The number of hydrogen-bond donors (Lipinski definition) is 0. The summed E-state index contributed by atoms with van der Waals surface area (Å²) in [5.74, 6) is 0.812. The lowest BCUT2D eigenvalue weighted by molar-refractivity contribution is -0.159. The summed E-state index contributed by atoms with van der Waals surface area (Å²) in [5, 5.41) is 0.697. The molecule has 1 saturated heterocycles. The van der Waals surface area contributed by atoms with Gasteiger partial charge in [-0.25, -0.2) is 0 Å². The fourth-order valence-corrected chi connectivity index (χ4v) is 4.96. The van der Waals surface area contributed by atoms with Gasteiger partial charge in [0.25, 0.3) is 5.91 Å². The quantitative estimate of drug-likeness (QED) is 0.645. The molecule has 4 nitrogen and oxygen atoms in total. The number of carbonyl (C=O) groups excluding carboxylic acids is 2. The second-order valence-electron chi connectivity index (χ2n) is 9.16. The van der Waals surface area contributed by atoms with Crippen LogP contribution in [0.5, 0.6) is 0 Å². The van der Waals surface area contributed by atoms with Gasteiger partial charge in [-0.1, -0.05) is 60.5 Å². The molecular formula is C26H31ClN2O2. The van der Waals surface area contributed by atoms with E-state index in [0.717, 1.165) is 42.4 Å². The molecule has 2 fully saturated rings. The number of amides is 2. The van der Waals surface area contributed by atoms with Crippen molar-refractivity contribution in [1.82, 2.24) is 9.80 Å². The third-order valence-electron chi connectivity index (χ3n) is 6.83. The van der Waals surface area contributed by atoms with Crippen molar-refractivity contribution in [2.24, 2.45) is 5.92 Å². The minimum atomic E-state index is -0.548. The predicted molar refractivity (Wildman–Crippen MR) is 124 cm³/mol. The molecule has 0 bridgehead atoms. The molecule has 0 aromatic heterocycles. The van der Waals surface area contributed by atoms with E-state index in [9.17, 15) is 9.59 Å². The Morgan fingerprint density at radius 3 is 2.23 bits per heavy atom. The fourth-order valence-electron chi connectivity index (χ4n) is 4.84. The van der Waals surface area contributed by atoms with Crippen LogP contribution in [0, 0.1) is 12.8 Å². The number of piperazine rings is 1. The zero-order valence-electron chi connectivity index (χ0n) is 18.4. The fraction of sp³-hybridized carbons (Fsp3) is 0.462. The monoisotopic (exact) mass is 438 g/mol. The summed E-state index contributed by atoms with van der Waals surface area (Å²) >= 11 is 6.00. The van der Waals surface area contributed by atoms with Crippen LogP contribution in [-0.2, 0) is 16.0 Å². The Morgan fingerprint density at radius 2 is 1.58 bits per heavy atom. The third-order valence-corrected chi connectivity index (χ3v) is 7.08. The first-order valence-corrected chi connectivity index (χ1v) is 11.7. The van der Waals surface area contributed by atoms with Gasteiger partial charge in [-0.3, -0.25) is 9.59 Å². The van der Waals surface area contributed by atoms with Crippen LogP contribution < -0.4 is 0 Å². The average molecular weight is 439 g/mol. The van der Waals surface area contributed by atoms with E-state index in [4.69, 9.17) is 11.6 Å². The van der Waals surface area contributed by atoms with E-state index in [0.29, 0.717) is 23.9 Å². The van der Waals surface area contributed by atoms with Crippen LogP contribution in [0.25, 0.3) is 0 Å². The Balaban J connectivity index is 1.58. The number of benzene rings is 2. The minimum Gasteiger partial charge on any atom is -0.328 e. The molecule has 4 rings (SSSR count). The first-order valence-electron chi connectivity index (χ1n) is 11.3. The molecule has 5 heteroatoms. The van der Waals surface area contributed by atoms with Gasteiger partial charge in [-0.15, -0.1) is 0 Å². The Kier molecular flexibility index (Phi) is 6.66. The zero-order chi connectivity index (χ0) is 22.0. The van der Waals surface area contributed by atoms with Gasteiger partial charge in [-0.2, -0.15) is 0 Å². The van der Waals surface area contributed by atoms with E-state index in [1.54, 1.807) is 4.90 Å². The SMILES string of the molecule is Cc1ccc([C@H]2C(=O)N(C3CCC(C)CC3)CC(=O)N2CCc2ccc(Cl)cc2)cc1. The lowest BCUT2D eigenvalue weighted by atomic mass is 9.85. The second kappa shape index (κ2) is 9.44. The molecule has 2 amide bonds. The van der Waals surface area contributed by atoms with Crippen molar-refractivity contribution in [3.63, 3.8) is 0 Å². The summed E-state index contributed by atoms with van der Waals surface area (Å²) in [6, 6.07) is 15.3. The molecule has 2 aliphatic rings. The highest BCUT2D eigenvalue weighted by Crippen LogP contribution is 2.34. The second-order valence-corrected chi connectivity index (χ2v) is 9.59. The first-order chi connectivity index (χ1) is 14.9. The maximum atomic E-state index is 13.7. The lowest BCUT2D eigenvalue weighted by Crippen LogP contribution is -2.59. The van der Waals surface area contributed by atoms with E-state index in [1.807, 2.05) is 60.4 Å². The standard InChI is InChI=1S/C26H31ClN2O2/c1-18-3-9-21(10-4-18)25-26(31)29(23-13-5-19(2)6-14-23)17-24(30)28(25)16-15-20-7-11-22(27)12-8-20/h3-4,7-12,19,23,25H,5-6,13-17H2,1-2H3/t19?,23?,25-/m0/s1. The molecule has 0 unspecified atom stereocenters. The van der Waals surface area contributed by atoms with Crippen LogP contribution in [0.3, 0.4) is 0 Å². The van der Waals surface area contributed by atoms with E-state index in [1.165, 1.54) is 0 Å². The Labute approximate surface area is 190 Å². The molecule has 2 aromatic rings. The van der Waals surface area contributed by atoms with Gasteiger partial charge in [0.05, 0.1) is 0 Å². The lowest BCUT2D eigenvalue weighted by Gasteiger charge is -2.45. The van der Waals surface area contributed by atoms with E-state index >= 15 is 0 Å². The largest absolute Gasteiger partial charge is 0.328 e. The van der Waals surface area contributed by atoms with Crippen molar-refractivity contribution in [1.29, 1.82) is 0 Å². The van der Waals surface area contributed by atoms with Crippen molar-refractivity contribution in [3.8, 4) is 0 Å². The molecular weight excluding hydrogens is 408 g/mol. The van der Waals surface area contributed by atoms with Gasteiger partial charge in [0.1, 0.15) is 12.6 Å². The maximum absolute atomic E-state index is 13.7. The summed E-state index contributed by atoms with van der Waals surface area (Å²) in [7, 11) is 0. The van der Waals surface area contributed by atoms with Crippen molar-refractivity contribution in [2.45, 2.75) is 58.0 Å². The van der Waals surface area contributed by atoms with Gasteiger partial charge >= 0.3 is 0 Å². The van der Waals surface area contributed by atoms with Crippen LogP contribution in [-0.4, -0.2) is 40.7 Å². The Morgan fingerprint density at radius 1 is 0.935 bits per heavy atom. The van der Waals surface area contributed by atoms with E-state index in [2.05, 4.69) is 6.92 Å². The Bertz CT molecular complexity index is 917. The van der Waals surface area contributed by atoms with Gasteiger partial charge in [-0.05, 0) is 68.2 Å². The van der Waals surface area contributed by atoms with Crippen LogP contribution in [0.2, 0.25) is 5.02 Å². The first kappa shape index (κ1) is 21.9. The number of carbonyl (C=O) groups is 2. The molecule has 0 radical (unpaired) electrons. The van der Waals surface area contributed by atoms with Gasteiger partial charge in [0, 0.05) is 17.6 Å². The number of nitrogens with zero attached hydrogens (tertiary/aromatic N) is 2. The highest BCUT2D eigenvalue weighted by Gasteiger charge is 2.43. The molecule has 2 aromatic carbocycles. The molecule has 0 spiro atoms. The summed E-state index contributed by atoms with van der Waals surface area (Å²) in [6.07, 6.45) is 4.92. The van der Waals surface area contributed by atoms with Crippen LogP contribution >= 0.6 is 11.6 Å². The highest BCUT2D eigenvalue weighted by atomic mass is 35.5. The summed E-state index contributed by atoms with van der Waals surface area (Å²) in [6.45, 7) is 5.01. The molecule has 1 aliphatic heterocycles.